The number of ether oxygens (including phenoxy) is 3. The van der Waals surface area contributed by atoms with E-state index < -0.39 is 0 Å². The Kier molecular flexibility index (Phi) is 10.8. The number of hydrogen-bond donors (Lipinski definition) is 0. The molecule has 0 N–H and O–H groups in total. The molecule has 0 spiro atoms. The summed E-state index contributed by atoms with van der Waals surface area (Å²) in [5, 5.41) is 0. The standard InChI is InChI=1S/C29H42O4/c1-8-23-9-13-28(32-18-21(4)5)24(15-23)10-12-27(30)26-16-25(31-17-20(2)3)11-14-29(26)33-19-22(6)7/h9,11,13-16,20-22H,8,10,12,17-19H2,1-7H3. The fourth-order valence-electron chi connectivity index (χ4n) is 3.29. The summed E-state index contributed by atoms with van der Waals surface area (Å²) in [6.07, 6.45) is 1.96. The van der Waals surface area contributed by atoms with E-state index in [9.17, 15) is 4.79 Å². The number of carbonyl (C=O) groups is 1. The van der Waals surface area contributed by atoms with Crippen molar-refractivity contribution in [3.63, 3.8) is 0 Å². The highest BCUT2D eigenvalue weighted by atomic mass is 16.5. The van der Waals surface area contributed by atoms with Gasteiger partial charge >= 0.3 is 0 Å². The van der Waals surface area contributed by atoms with Gasteiger partial charge in [0.1, 0.15) is 17.2 Å². The molecule has 2 aromatic rings. The molecular weight excluding hydrogens is 412 g/mol. The molecule has 0 aliphatic rings. The van der Waals surface area contributed by atoms with Gasteiger partial charge in [0, 0.05) is 6.42 Å². The summed E-state index contributed by atoms with van der Waals surface area (Å²) in [4.78, 5) is 13.3. The summed E-state index contributed by atoms with van der Waals surface area (Å²) >= 11 is 0. The van der Waals surface area contributed by atoms with Crippen LogP contribution < -0.4 is 14.2 Å². The minimum absolute atomic E-state index is 0.0560. The highest BCUT2D eigenvalue weighted by Gasteiger charge is 2.17. The fraction of sp³-hybridized carbons (Fsp3) is 0.552. The van der Waals surface area contributed by atoms with Gasteiger partial charge in [-0.15, -0.1) is 0 Å². The van der Waals surface area contributed by atoms with Crippen LogP contribution in [0.25, 0.3) is 0 Å². The van der Waals surface area contributed by atoms with E-state index in [-0.39, 0.29) is 5.78 Å². The number of rotatable bonds is 14. The number of hydrogen-bond acceptors (Lipinski definition) is 4. The predicted octanol–water partition coefficient (Wildman–Crippen LogP) is 7.17. The quantitative estimate of drug-likeness (QED) is 0.284. The molecule has 0 radical (unpaired) electrons. The van der Waals surface area contributed by atoms with Crippen LogP contribution in [-0.4, -0.2) is 25.6 Å². The van der Waals surface area contributed by atoms with E-state index in [1.807, 2.05) is 24.3 Å². The van der Waals surface area contributed by atoms with Gasteiger partial charge in [0.15, 0.2) is 5.78 Å². The average molecular weight is 455 g/mol. The van der Waals surface area contributed by atoms with Gasteiger partial charge in [0.25, 0.3) is 0 Å². The van der Waals surface area contributed by atoms with Crippen molar-refractivity contribution in [2.24, 2.45) is 17.8 Å². The van der Waals surface area contributed by atoms with Crippen LogP contribution in [0, 0.1) is 17.8 Å². The lowest BCUT2D eigenvalue weighted by atomic mass is 9.99. The van der Waals surface area contributed by atoms with Crippen molar-refractivity contribution >= 4 is 5.78 Å². The number of Topliss-reactive ketones (excluding diaryl/α,β-unsaturated/α-hetero) is 1. The summed E-state index contributed by atoms with van der Waals surface area (Å²) in [7, 11) is 0. The van der Waals surface area contributed by atoms with Crippen molar-refractivity contribution in [3.8, 4) is 17.2 Å². The predicted molar refractivity (Wildman–Crippen MR) is 136 cm³/mol. The Bertz CT molecular complexity index is 883. The molecule has 0 saturated heterocycles. The SMILES string of the molecule is CCc1ccc(OCC(C)C)c(CCC(=O)c2cc(OCC(C)C)ccc2OCC(C)C)c1. The number of benzene rings is 2. The Hall–Kier alpha value is -2.49. The van der Waals surface area contributed by atoms with E-state index in [1.165, 1.54) is 5.56 Å². The second kappa shape index (κ2) is 13.3. The third-order valence-corrected chi connectivity index (χ3v) is 5.13. The maximum Gasteiger partial charge on any atom is 0.167 e. The van der Waals surface area contributed by atoms with Gasteiger partial charge in [-0.05, 0) is 66.0 Å². The molecule has 0 atom stereocenters. The lowest BCUT2D eigenvalue weighted by Gasteiger charge is -2.16. The van der Waals surface area contributed by atoms with Crippen LogP contribution >= 0.6 is 0 Å². The van der Waals surface area contributed by atoms with Gasteiger partial charge < -0.3 is 14.2 Å². The molecule has 0 amide bonds. The molecule has 0 saturated carbocycles. The first kappa shape index (κ1) is 26.8. The molecule has 0 fully saturated rings. The first-order valence-electron chi connectivity index (χ1n) is 12.4. The largest absolute Gasteiger partial charge is 0.493 e. The third kappa shape index (κ3) is 9.11. The second-order valence-electron chi connectivity index (χ2n) is 9.99. The monoisotopic (exact) mass is 454 g/mol. The van der Waals surface area contributed by atoms with Gasteiger partial charge in [0.2, 0.25) is 0 Å². The zero-order chi connectivity index (χ0) is 24.4. The molecule has 0 aliphatic carbocycles. The first-order valence-corrected chi connectivity index (χ1v) is 12.4. The van der Waals surface area contributed by atoms with Crippen LogP contribution in [0.5, 0.6) is 17.2 Å². The number of ketones is 1. The van der Waals surface area contributed by atoms with Gasteiger partial charge in [-0.25, -0.2) is 0 Å². The topological polar surface area (TPSA) is 44.8 Å². The first-order chi connectivity index (χ1) is 15.7. The molecule has 2 aromatic carbocycles. The van der Waals surface area contributed by atoms with Crippen LogP contribution in [0.15, 0.2) is 36.4 Å². The summed E-state index contributed by atoms with van der Waals surface area (Å²) in [6.45, 7) is 16.7. The van der Waals surface area contributed by atoms with Crippen molar-refractivity contribution in [1.29, 1.82) is 0 Å². The van der Waals surface area contributed by atoms with E-state index >= 15 is 0 Å². The minimum Gasteiger partial charge on any atom is -0.493 e. The summed E-state index contributed by atoms with van der Waals surface area (Å²) in [6, 6.07) is 11.9. The molecule has 4 nitrogen and oxygen atoms in total. The molecule has 2 rings (SSSR count). The zero-order valence-corrected chi connectivity index (χ0v) is 21.6. The highest BCUT2D eigenvalue weighted by Crippen LogP contribution is 2.29. The van der Waals surface area contributed by atoms with Crippen LogP contribution in [0.4, 0.5) is 0 Å². The van der Waals surface area contributed by atoms with Gasteiger partial charge in [-0.3, -0.25) is 4.79 Å². The van der Waals surface area contributed by atoms with Gasteiger partial charge in [-0.2, -0.15) is 0 Å². The van der Waals surface area contributed by atoms with Crippen molar-refractivity contribution in [1.82, 2.24) is 0 Å². The average Bonchev–Trinajstić information content (AvgIpc) is 2.78. The van der Waals surface area contributed by atoms with Crippen molar-refractivity contribution in [2.75, 3.05) is 19.8 Å². The number of aryl methyl sites for hydroxylation is 2. The maximum atomic E-state index is 13.3. The van der Waals surface area contributed by atoms with Gasteiger partial charge in [-0.1, -0.05) is 60.6 Å². The van der Waals surface area contributed by atoms with Gasteiger partial charge in [0.05, 0.1) is 25.4 Å². The fourth-order valence-corrected chi connectivity index (χ4v) is 3.29. The molecular formula is C29H42O4. The molecule has 33 heavy (non-hydrogen) atoms. The Labute approximate surface area is 200 Å². The Balaban J connectivity index is 2.22. The molecule has 0 aliphatic heterocycles. The van der Waals surface area contributed by atoms with Crippen LogP contribution in [-0.2, 0) is 12.8 Å². The van der Waals surface area contributed by atoms with Crippen LogP contribution in [0.3, 0.4) is 0 Å². The van der Waals surface area contributed by atoms with Crippen molar-refractivity contribution in [3.05, 3.63) is 53.1 Å². The summed E-state index contributed by atoms with van der Waals surface area (Å²) in [5.74, 6) is 3.50. The highest BCUT2D eigenvalue weighted by molar-refractivity contribution is 5.99. The Morgan fingerprint density at radius 2 is 1.33 bits per heavy atom. The van der Waals surface area contributed by atoms with E-state index in [0.29, 0.717) is 67.5 Å². The smallest absolute Gasteiger partial charge is 0.167 e. The molecule has 4 heteroatoms. The molecule has 182 valence electrons. The van der Waals surface area contributed by atoms with Crippen LogP contribution in [0.1, 0.15) is 76.4 Å². The zero-order valence-electron chi connectivity index (χ0n) is 21.6. The van der Waals surface area contributed by atoms with Crippen molar-refractivity contribution in [2.45, 2.75) is 67.7 Å². The van der Waals surface area contributed by atoms with E-state index in [1.54, 1.807) is 0 Å². The lowest BCUT2D eigenvalue weighted by Crippen LogP contribution is -2.11. The minimum atomic E-state index is 0.0560. The number of carbonyl (C=O) groups excluding carboxylic acids is 1. The Morgan fingerprint density at radius 1 is 0.758 bits per heavy atom. The normalized spacial score (nSPS) is 11.3. The summed E-state index contributed by atoms with van der Waals surface area (Å²) < 4.78 is 17.9. The molecule has 0 heterocycles. The maximum absolute atomic E-state index is 13.3. The van der Waals surface area contributed by atoms with E-state index in [4.69, 9.17) is 14.2 Å². The lowest BCUT2D eigenvalue weighted by molar-refractivity contribution is 0.0977. The van der Waals surface area contributed by atoms with E-state index in [0.717, 1.165) is 17.7 Å². The Morgan fingerprint density at radius 3 is 1.94 bits per heavy atom. The second-order valence-corrected chi connectivity index (χ2v) is 9.99. The third-order valence-electron chi connectivity index (χ3n) is 5.13. The molecule has 0 bridgehead atoms. The summed E-state index contributed by atoms with van der Waals surface area (Å²) in [5.41, 5.74) is 2.92. The molecule has 0 unspecified atom stereocenters. The van der Waals surface area contributed by atoms with E-state index in [2.05, 4.69) is 60.6 Å². The molecule has 0 aromatic heterocycles. The van der Waals surface area contributed by atoms with Crippen molar-refractivity contribution < 1.29 is 19.0 Å². The van der Waals surface area contributed by atoms with Crippen LogP contribution in [0.2, 0.25) is 0 Å².